The Morgan fingerprint density at radius 3 is 2.30 bits per heavy atom. The van der Waals surface area contributed by atoms with Gasteiger partial charge in [-0.3, -0.25) is 9.59 Å². The fraction of sp³-hybridized carbons (Fsp3) is 0.400. The summed E-state index contributed by atoms with van der Waals surface area (Å²) in [5, 5.41) is 2.69. The van der Waals surface area contributed by atoms with Crippen molar-refractivity contribution >= 4 is 33.9 Å². The first-order valence-corrected chi connectivity index (χ1v) is 11.6. The number of nitrogens with one attached hydrogen (secondary N) is 1. The number of hydrogen-bond acceptors (Lipinski definition) is 5. The fourth-order valence-electron chi connectivity index (χ4n) is 3.15. The third kappa shape index (κ3) is 9.65. The highest BCUT2D eigenvalue weighted by atomic mass is 79.9. The summed E-state index contributed by atoms with van der Waals surface area (Å²) in [5.74, 6) is -0.919. The number of nitrogens with zero attached hydrogens (tertiary/aromatic N) is 1. The number of hydrogen-bond donors (Lipinski definition) is 1. The molecule has 0 bridgehead atoms. The molecule has 2 rings (SSSR count). The van der Waals surface area contributed by atoms with Gasteiger partial charge in [0.25, 0.3) is 0 Å². The van der Waals surface area contributed by atoms with Gasteiger partial charge in [0.05, 0.1) is 6.61 Å². The van der Waals surface area contributed by atoms with Crippen molar-refractivity contribution in [1.29, 1.82) is 0 Å². The van der Waals surface area contributed by atoms with E-state index >= 15 is 0 Å². The molecule has 0 saturated carbocycles. The Kier molecular flexibility index (Phi) is 9.91. The van der Waals surface area contributed by atoms with Crippen LogP contribution < -0.4 is 5.32 Å². The summed E-state index contributed by atoms with van der Waals surface area (Å²) in [6.07, 6.45) is -0.474. The summed E-state index contributed by atoms with van der Waals surface area (Å²) in [7, 11) is 0. The van der Waals surface area contributed by atoms with Gasteiger partial charge in [-0.1, -0.05) is 58.4 Å². The molecule has 0 spiro atoms. The molecule has 7 nitrogen and oxygen atoms in total. The number of carbonyl (C=O) groups is 3. The number of amides is 2. The number of halogens is 1. The molecule has 8 heteroatoms. The van der Waals surface area contributed by atoms with Crippen molar-refractivity contribution in [3.8, 4) is 0 Å². The number of ether oxygens (including phenoxy) is 2. The monoisotopic (exact) mass is 518 g/mol. The molecular formula is C25H31BrN2O5. The minimum Gasteiger partial charge on any atom is -0.465 e. The molecule has 178 valence electrons. The van der Waals surface area contributed by atoms with Gasteiger partial charge in [0, 0.05) is 17.4 Å². The fourth-order valence-corrected chi connectivity index (χ4v) is 3.59. The van der Waals surface area contributed by atoms with E-state index in [1.54, 1.807) is 27.7 Å². The van der Waals surface area contributed by atoms with Gasteiger partial charge in [-0.05, 0) is 51.0 Å². The van der Waals surface area contributed by atoms with Gasteiger partial charge in [-0.15, -0.1) is 0 Å². The molecule has 1 atom stereocenters. The van der Waals surface area contributed by atoms with Crippen LogP contribution in [0.1, 0.15) is 38.8 Å². The van der Waals surface area contributed by atoms with Gasteiger partial charge in [-0.25, -0.2) is 4.79 Å². The van der Waals surface area contributed by atoms with E-state index in [2.05, 4.69) is 21.2 Å². The lowest BCUT2D eigenvalue weighted by Crippen LogP contribution is -2.51. The summed E-state index contributed by atoms with van der Waals surface area (Å²) in [6.45, 7) is 7.14. The smallest absolute Gasteiger partial charge is 0.408 e. The highest BCUT2D eigenvalue weighted by molar-refractivity contribution is 9.10. The topological polar surface area (TPSA) is 84.9 Å². The third-order valence-electron chi connectivity index (χ3n) is 4.47. The van der Waals surface area contributed by atoms with Gasteiger partial charge >= 0.3 is 12.1 Å². The normalized spacial score (nSPS) is 11.9. The SMILES string of the molecule is CCOC(=O)CN(Cc1ccccc1)C(=O)C(Cc1cccc(Br)c1)NC(=O)OC(C)(C)C. The maximum Gasteiger partial charge on any atom is 0.408 e. The summed E-state index contributed by atoms with van der Waals surface area (Å²) in [5.41, 5.74) is 0.977. The summed E-state index contributed by atoms with van der Waals surface area (Å²) in [4.78, 5) is 39.8. The summed E-state index contributed by atoms with van der Waals surface area (Å²) >= 11 is 3.43. The molecule has 1 N–H and O–H groups in total. The molecule has 0 fully saturated rings. The molecule has 33 heavy (non-hydrogen) atoms. The van der Waals surface area contributed by atoms with E-state index in [0.717, 1.165) is 15.6 Å². The number of rotatable bonds is 9. The minimum absolute atomic E-state index is 0.198. The second kappa shape index (κ2) is 12.4. The van der Waals surface area contributed by atoms with E-state index in [1.165, 1.54) is 4.90 Å². The number of benzene rings is 2. The molecule has 2 amide bonds. The minimum atomic E-state index is -0.938. The first-order chi connectivity index (χ1) is 15.6. The van der Waals surface area contributed by atoms with Crippen molar-refractivity contribution < 1.29 is 23.9 Å². The van der Waals surface area contributed by atoms with Crippen LogP contribution in [-0.4, -0.2) is 47.7 Å². The quantitative estimate of drug-likeness (QED) is 0.494. The van der Waals surface area contributed by atoms with Crippen LogP contribution >= 0.6 is 15.9 Å². The average Bonchev–Trinajstić information content (AvgIpc) is 2.72. The summed E-state index contributed by atoms with van der Waals surface area (Å²) < 4.78 is 11.3. The standard InChI is InChI=1S/C25H31BrN2O5/c1-5-32-22(29)17-28(16-18-10-7-6-8-11-18)23(30)21(27-24(31)33-25(2,3)4)15-19-12-9-13-20(26)14-19/h6-14,21H,5,15-17H2,1-4H3,(H,27,31). The first-order valence-electron chi connectivity index (χ1n) is 10.8. The lowest BCUT2D eigenvalue weighted by Gasteiger charge is -2.28. The zero-order valence-electron chi connectivity index (χ0n) is 19.5. The Balaban J connectivity index is 2.31. The molecule has 2 aromatic rings. The molecule has 0 aliphatic carbocycles. The Morgan fingerprint density at radius 2 is 1.70 bits per heavy atom. The van der Waals surface area contributed by atoms with E-state index in [9.17, 15) is 14.4 Å². The van der Waals surface area contributed by atoms with Crippen LogP contribution in [0.3, 0.4) is 0 Å². The zero-order valence-corrected chi connectivity index (χ0v) is 21.1. The second-order valence-electron chi connectivity index (χ2n) is 8.52. The zero-order chi connectivity index (χ0) is 24.4. The molecule has 1 unspecified atom stereocenters. The van der Waals surface area contributed by atoms with Crippen LogP contribution in [0, 0.1) is 0 Å². The molecule has 0 radical (unpaired) electrons. The second-order valence-corrected chi connectivity index (χ2v) is 9.43. The third-order valence-corrected chi connectivity index (χ3v) is 4.96. The predicted octanol–water partition coefficient (Wildman–Crippen LogP) is 4.48. The van der Waals surface area contributed by atoms with Gasteiger partial charge in [0.15, 0.2) is 0 Å². The maximum atomic E-state index is 13.6. The van der Waals surface area contributed by atoms with Gasteiger partial charge in [0.2, 0.25) is 5.91 Å². The van der Waals surface area contributed by atoms with E-state index in [0.29, 0.717) is 0 Å². The van der Waals surface area contributed by atoms with E-state index in [-0.39, 0.29) is 26.1 Å². The van der Waals surface area contributed by atoms with Crippen molar-refractivity contribution in [1.82, 2.24) is 10.2 Å². The van der Waals surface area contributed by atoms with E-state index < -0.39 is 29.6 Å². The van der Waals surface area contributed by atoms with E-state index in [4.69, 9.17) is 9.47 Å². The average molecular weight is 519 g/mol. The van der Waals surface area contributed by atoms with Crippen LogP contribution in [0.5, 0.6) is 0 Å². The molecule has 2 aromatic carbocycles. The Labute approximate surface area is 203 Å². The molecule has 0 heterocycles. The maximum absolute atomic E-state index is 13.6. The predicted molar refractivity (Wildman–Crippen MR) is 129 cm³/mol. The highest BCUT2D eigenvalue weighted by Crippen LogP contribution is 2.16. The Morgan fingerprint density at radius 1 is 1.03 bits per heavy atom. The van der Waals surface area contributed by atoms with Crippen LogP contribution in [0.4, 0.5) is 4.79 Å². The van der Waals surface area contributed by atoms with Crippen LogP contribution in [0.25, 0.3) is 0 Å². The molecule has 0 aliphatic heterocycles. The van der Waals surface area contributed by atoms with Gasteiger partial charge in [0.1, 0.15) is 18.2 Å². The molecule has 0 aliphatic rings. The van der Waals surface area contributed by atoms with Crippen molar-refractivity contribution in [2.45, 2.75) is 52.3 Å². The van der Waals surface area contributed by atoms with Crippen molar-refractivity contribution in [2.75, 3.05) is 13.2 Å². The lowest BCUT2D eigenvalue weighted by atomic mass is 10.0. The number of esters is 1. The Bertz CT molecular complexity index is 943. The number of carbonyl (C=O) groups excluding carboxylic acids is 3. The van der Waals surface area contributed by atoms with E-state index in [1.807, 2.05) is 54.6 Å². The van der Waals surface area contributed by atoms with Crippen LogP contribution in [-0.2, 0) is 32.0 Å². The largest absolute Gasteiger partial charge is 0.465 e. The van der Waals surface area contributed by atoms with Crippen molar-refractivity contribution in [3.05, 3.63) is 70.2 Å². The highest BCUT2D eigenvalue weighted by Gasteiger charge is 2.30. The molecule has 0 aromatic heterocycles. The van der Waals surface area contributed by atoms with Crippen molar-refractivity contribution in [2.24, 2.45) is 0 Å². The lowest BCUT2D eigenvalue weighted by molar-refractivity contribution is -0.150. The van der Waals surface area contributed by atoms with Crippen molar-refractivity contribution in [3.63, 3.8) is 0 Å². The number of alkyl carbamates (subject to hydrolysis) is 1. The van der Waals surface area contributed by atoms with Crippen LogP contribution in [0.2, 0.25) is 0 Å². The Hall–Kier alpha value is -2.87. The summed E-state index contributed by atoms with van der Waals surface area (Å²) in [6, 6.07) is 15.9. The van der Waals surface area contributed by atoms with Crippen LogP contribution in [0.15, 0.2) is 59.1 Å². The van der Waals surface area contributed by atoms with Gasteiger partial charge < -0.3 is 19.7 Å². The van der Waals surface area contributed by atoms with Gasteiger partial charge in [-0.2, -0.15) is 0 Å². The first kappa shape index (κ1) is 26.4. The molecular weight excluding hydrogens is 488 g/mol. The molecule has 0 saturated heterocycles.